The molecule has 3 aliphatic rings. The average Bonchev–Trinajstić information content (AvgIpc) is 3.14. The van der Waals surface area contributed by atoms with Gasteiger partial charge in [0.15, 0.2) is 0 Å². The molecular formula is C22H35ClN10. The number of hydrogen-bond donors (Lipinski definition) is 5. The van der Waals surface area contributed by atoms with Crippen molar-refractivity contribution in [2.45, 2.75) is 55.9 Å². The van der Waals surface area contributed by atoms with E-state index in [4.69, 9.17) is 37.9 Å². The van der Waals surface area contributed by atoms with Crippen molar-refractivity contribution in [1.82, 2.24) is 15.0 Å². The monoisotopic (exact) mass is 474 g/mol. The first kappa shape index (κ1) is 23.9. The molecule has 2 aliphatic heterocycles. The first-order chi connectivity index (χ1) is 15.4. The van der Waals surface area contributed by atoms with Gasteiger partial charge >= 0.3 is 0 Å². The minimum absolute atomic E-state index is 0. The number of nitrogens with two attached hydrogens (primary N) is 4. The minimum Gasteiger partial charge on any atom is -0.351 e. The van der Waals surface area contributed by atoms with Crippen molar-refractivity contribution < 1.29 is 0 Å². The summed E-state index contributed by atoms with van der Waals surface area (Å²) < 4.78 is 0. The average molecular weight is 475 g/mol. The summed E-state index contributed by atoms with van der Waals surface area (Å²) >= 11 is 0. The molecule has 0 spiro atoms. The van der Waals surface area contributed by atoms with Gasteiger partial charge in [-0.1, -0.05) is 24.3 Å². The summed E-state index contributed by atoms with van der Waals surface area (Å²) in [4.78, 5) is 18.5. The fraction of sp³-hybridized carbons (Fsp3) is 0.591. The van der Waals surface area contributed by atoms with E-state index in [0.29, 0.717) is 44.0 Å². The van der Waals surface area contributed by atoms with Crippen molar-refractivity contribution in [2.75, 3.05) is 41.3 Å². The SMILES string of the molecule is Cl.N[C@@H]1C[C@H](N)CN(c2nc(NC3Cc4ccccc4C3)nc(N3C[C@H](N)C[C@H](N)C3)n2)C1. The first-order valence-corrected chi connectivity index (χ1v) is 11.5. The number of fused-ring (bicyclic) bond motifs is 1. The van der Waals surface area contributed by atoms with Gasteiger partial charge in [0.1, 0.15) is 0 Å². The number of nitrogens with zero attached hydrogens (tertiary/aromatic N) is 5. The highest BCUT2D eigenvalue weighted by molar-refractivity contribution is 5.85. The van der Waals surface area contributed by atoms with E-state index in [0.717, 1.165) is 25.7 Å². The number of rotatable bonds is 4. The van der Waals surface area contributed by atoms with Gasteiger partial charge in [-0.15, -0.1) is 12.4 Å². The second-order valence-corrected chi connectivity index (χ2v) is 9.60. The fourth-order valence-electron chi connectivity index (χ4n) is 5.23. The molecule has 1 aromatic carbocycles. The number of aromatic nitrogens is 3. The third-order valence-corrected chi connectivity index (χ3v) is 6.59. The summed E-state index contributed by atoms with van der Waals surface area (Å²) in [5.41, 5.74) is 27.7. The van der Waals surface area contributed by atoms with Crippen LogP contribution in [-0.2, 0) is 12.8 Å². The molecule has 1 aromatic heterocycles. The van der Waals surface area contributed by atoms with Gasteiger partial charge in [-0.05, 0) is 36.8 Å². The molecule has 0 unspecified atom stereocenters. The van der Waals surface area contributed by atoms with Crippen molar-refractivity contribution in [3.63, 3.8) is 0 Å². The minimum atomic E-state index is -0.00321. The van der Waals surface area contributed by atoms with Gasteiger partial charge in [-0.25, -0.2) is 0 Å². The molecule has 180 valence electrons. The highest BCUT2D eigenvalue weighted by Crippen LogP contribution is 2.26. The first-order valence-electron chi connectivity index (χ1n) is 11.5. The smallest absolute Gasteiger partial charge is 0.232 e. The van der Waals surface area contributed by atoms with Crippen LogP contribution >= 0.6 is 12.4 Å². The van der Waals surface area contributed by atoms with E-state index in [1.807, 2.05) is 0 Å². The molecule has 10 nitrogen and oxygen atoms in total. The molecule has 4 atom stereocenters. The number of benzene rings is 1. The van der Waals surface area contributed by atoms with Crippen LogP contribution in [0, 0.1) is 0 Å². The van der Waals surface area contributed by atoms with Crippen LogP contribution in [0.2, 0.25) is 0 Å². The lowest BCUT2D eigenvalue weighted by atomic mass is 10.0. The Balaban J connectivity index is 0.00000259. The highest BCUT2D eigenvalue weighted by atomic mass is 35.5. The van der Waals surface area contributed by atoms with Gasteiger partial charge in [-0.2, -0.15) is 15.0 Å². The number of nitrogens with one attached hydrogen (secondary N) is 1. The van der Waals surface area contributed by atoms with Gasteiger partial charge in [0.05, 0.1) is 0 Å². The van der Waals surface area contributed by atoms with Gasteiger partial charge < -0.3 is 38.1 Å². The molecule has 5 rings (SSSR count). The Morgan fingerprint density at radius 2 is 1.12 bits per heavy atom. The van der Waals surface area contributed by atoms with Gasteiger partial charge in [0.2, 0.25) is 17.8 Å². The number of anilines is 3. The van der Waals surface area contributed by atoms with Gasteiger partial charge in [-0.3, -0.25) is 0 Å². The maximum atomic E-state index is 6.24. The Morgan fingerprint density at radius 1 is 0.697 bits per heavy atom. The van der Waals surface area contributed by atoms with E-state index in [1.54, 1.807) is 0 Å². The molecule has 2 saturated heterocycles. The lowest BCUT2D eigenvalue weighted by molar-refractivity contribution is 0.441. The summed E-state index contributed by atoms with van der Waals surface area (Å²) in [6, 6.07) is 8.79. The lowest BCUT2D eigenvalue weighted by Crippen LogP contribution is -2.54. The Hall–Kier alpha value is -2.24. The summed E-state index contributed by atoms with van der Waals surface area (Å²) in [5, 5.41) is 3.55. The highest BCUT2D eigenvalue weighted by Gasteiger charge is 2.29. The Kier molecular flexibility index (Phi) is 7.20. The van der Waals surface area contributed by atoms with Crippen LogP contribution in [0.25, 0.3) is 0 Å². The maximum absolute atomic E-state index is 6.24. The zero-order chi connectivity index (χ0) is 22.2. The molecule has 3 heterocycles. The maximum Gasteiger partial charge on any atom is 0.232 e. The van der Waals surface area contributed by atoms with E-state index >= 15 is 0 Å². The Labute approximate surface area is 200 Å². The van der Waals surface area contributed by atoms with E-state index < -0.39 is 0 Å². The Morgan fingerprint density at radius 3 is 1.55 bits per heavy atom. The largest absolute Gasteiger partial charge is 0.351 e. The molecular weight excluding hydrogens is 440 g/mol. The van der Waals surface area contributed by atoms with E-state index in [9.17, 15) is 0 Å². The predicted octanol–water partition coefficient (Wildman–Crippen LogP) is -0.398. The van der Waals surface area contributed by atoms with Crippen LogP contribution in [0.5, 0.6) is 0 Å². The standard InChI is InChI=1S/C22H34N10.ClH/c23-15-7-16(24)10-31(9-15)21-28-20(27-19-5-13-3-1-2-4-14(13)6-19)29-22(30-21)32-11-17(25)8-18(26)12-32;/h1-4,15-19H,5-12,23-26H2,(H,27,28,29,30);1H/t15-,16+,17-,18+;. The molecule has 11 heteroatoms. The van der Waals surface area contributed by atoms with E-state index in [1.165, 1.54) is 11.1 Å². The van der Waals surface area contributed by atoms with Crippen molar-refractivity contribution >= 4 is 30.3 Å². The molecule has 2 aromatic rings. The summed E-state index contributed by atoms with van der Waals surface area (Å²) in [7, 11) is 0. The molecule has 33 heavy (non-hydrogen) atoms. The van der Waals surface area contributed by atoms with Crippen molar-refractivity contribution in [3.05, 3.63) is 35.4 Å². The predicted molar refractivity (Wildman–Crippen MR) is 134 cm³/mol. The Bertz CT molecular complexity index is 869. The molecule has 0 saturated carbocycles. The molecule has 1 aliphatic carbocycles. The van der Waals surface area contributed by atoms with Crippen LogP contribution in [0.3, 0.4) is 0 Å². The number of piperidine rings is 2. The van der Waals surface area contributed by atoms with Crippen LogP contribution in [0.4, 0.5) is 17.8 Å². The quantitative estimate of drug-likeness (QED) is 0.394. The van der Waals surface area contributed by atoms with Crippen LogP contribution in [-0.4, -0.2) is 71.3 Å². The lowest BCUT2D eigenvalue weighted by Gasteiger charge is -2.37. The molecule has 9 N–H and O–H groups in total. The van der Waals surface area contributed by atoms with E-state index in [-0.39, 0.29) is 42.6 Å². The molecule has 0 bridgehead atoms. The molecule has 2 fully saturated rings. The van der Waals surface area contributed by atoms with Crippen LogP contribution in [0.15, 0.2) is 24.3 Å². The summed E-state index contributed by atoms with van der Waals surface area (Å²) in [6.45, 7) is 2.68. The van der Waals surface area contributed by atoms with Crippen LogP contribution in [0.1, 0.15) is 24.0 Å². The van der Waals surface area contributed by atoms with Crippen molar-refractivity contribution in [2.24, 2.45) is 22.9 Å². The summed E-state index contributed by atoms with van der Waals surface area (Å²) in [6.07, 6.45) is 3.50. The van der Waals surface area contributed by atoms with Crippen molar-refractivity contribution in [1.29, 1.82) is 0 Å². The second kappa shape index (κ2) is 9.94. The molecule has 0 radical (unpaired) electrons. The van der Waals surface area contributed by atoms with Gasteiger partial charge in [0.25, 0.3) is 0 Å². The third-order valence-electron chi connectivity index (χ3n) is 6.59. The fourth-order valence-corrected chi connectivity index (χ4v) is 5.23. The zero-order valence-electron chi connectivity index (χ0n) is 18.8. The van der Waals surface area contributed by atoms with E-state index in [2.05, 4.69) is 39.4 Å². The third kappa shape index (κ3) is 5.47. The zero-order valence-corrected chi connectivity index (χ0v) is 19.6. The number of halogens is 1. The van der Waals surface area contributed by atoms with Crippen LogP contribution < -0.4 is 38.1 Å². The molecule has 0 amide bonds. The second-order valence-electron chi connectivity index (χ2n) is 9.60. The topological polar surface area (TPSA) is 161 Å². The summed E-state index contributed by atoms with van der Waals surface area (Å²) in [5.74, 6) is 1.78. The van der Waals surface area contributed by atoms with Crippen molar-refractivity contribution in [3.8, 4) is 0 Å². The number of hydrogen-bond acceptors (Lipinski definition) is 10. The van der Waals surface area contributed by atoms with Gasteiger partial charge in [0, 0.05) is 56.4 Å². The normalized spacial score (nSPS) is 27.8.